The van der Waals surface area contributed by atoms with Gasteiger partial charge in [-0.05, 0) is 46.5 Å². The van der Waals surface area contributed by atoms with Crippen molar-refractivity contribution in [3.8, 4) is 0 Å². The van der Waals surface area contributed by atoms with E-state index in [-0.39, 0.29) is 12.5 Å². The van der Waals surface area contributed by atoms with Gasteiger partial charge in [0.1, 0.15) is 12.6 Å². The van der Waals surface area contributed by atoms with Crippen molar-refractivity contribution in [1.29, 1.82) is 0 Å². The average molecular weight is 285 g/mol. The maximum absolute atomic E-state index is 10.5. The van der Waals surface area contributed by atoms with Crippen molar-refractivity contribution in [2.45, 2.75) is 59.0 Å². The van der Waals surface area contributed by atoms with Crippen LogP contribution in [0.15, 0.2) is 12.2 Å². The molecule has 0 saturated carbocycles. The van der Waals surface area contributed by atoms with Crippen LogP contribution in [0.2, 0.25) is 0 Å². The van der Waals surface area contributed by atoms with Gasteiger partial charge in [0, 0.05) is 12.4 Å². The predicted molar refractivity (Wildman–Crippen MR) is 80.0 cm³/mol. The molecule has 118 valence electrons. The summed E-state index contributed by atoms with van der Waals surface area (Å²) < 4.78 is 0.790. The molecule has 0 bridgehead atoms. The molecule has 0 fully saturated rings. The number of carboxylic acid groups (broad SMARTS) is 1. The van der Waals surface area contributed by atoms with E-state index in [1.54, 1.807) is 0 Å². The summed E-state index contributed by atoms with van der Waals surface area (Å²) in [4.78, 5) is 10.5. The molecule has 1 unspecified atom stereocenters. The predicted octanol–water partition coefficient (Wildman–Crippen LogP) is 1.48. The quantitative estimate of drug-likeness (QED) is 0.336. The summed E-state index contributed by atoms with van der Waals surface area (Å²) >= 11 is 0. The van der Waals surface area contributed by atoms with E-state index in [0.29, 0.717) is 6.42 Å². The minimum atomic E-state index is -0.984. The van der Waals surface area contributed by atoms with Crippen LogP contribution >= 0.6 is 0 Å². The van der Waals surface area contributed by atoms with Crippen molar-refractivity contribution in [3.63, 3.8) is 0 Å². The third-order valence-electron chi connectivity index (χ3n) is 4.10. The van der Waals surface area contributed by atoms with Crippen molar-refractivity contribution in [3.05, 3.63) is 12.2 Å². The van der Waals surface area contributed by atoms with Crippen LogP contribution in [0.25, 0.3) is 0 Å². The monoisotopic (exact) mass is 285 g/mol. The summed E-state index contributed by atoms with van der Waals surface area (Å²) in [6.07, 6.45) is 7.40. The highest BCUT2D eigenvalue weighted by Crippen LogP contribution is 2.13. The largest absolute Gasteiger partial charge is 0.550 e. The number of rotatable bonds is 12. The number of carbonyl (C=O) groups excluding carboxylic acids is 1. The molecule has 1 N–H and O–H groups in total. The van der Waals surface area contributed by atoms with E-state index in [9.17, 15) is 15.0 Å². The number of unbranched alkanes of at least 4 members (excludes halogenated alkanes) is 1. The number of carboxylic acids is 1. The minimum Gasteiger partial charge on any atom is -0.550 e. The fourth-order valence-corrected chi connectivity index (χ4v) is 2.62. The van der Waals surface area contributed by atoms with E-state index in [1.807, 2.05) is 13.0 Å². The molecule has 0 aromatic rings. The molecule has 0 radical (unpaired) electrons. The van der Waals surface area contributed by atoms with E-state index in [0.717, 1.165) is 49.9 Å². The molecule has 0 spiro atoms. The summed E-state index contributed by atoms with van der Waals surface area (Å²) in [7, 11) is 0. The number of nitrogens with zero attached hydrogens (tertiary/aromatic N) is 1. The van der Waals surface area contributed by atoms with Crippen molar-refractivity contribution < 1.29 is 19.5 Å². The number of aliphatic hydroxyl groups is 1. The number of quaternary nitrogens is 1. The lowest BCUT2D eigenvalue weighted by Crippen LogP contribution is -2.52. The standard InChI is InChI=1S/C16H31NO3/c1-4-7-8-9-11-15(18)14-17(5-2,6-3)13-10-12-16(19)20/h4,7,15,18H,5-6,8-14H2,1-3H3/b7-4+. The Bertz CT molecular complexity index is 285. The van der Waals surface area contributed by atoms with Gasteiger partial charge in [0.2, 0.25) is 0 Å². The molecule has 0 rings (SSSR count). The van der Waals surface area contributed by atoms with E-state index in [2.05, 4.69) is 19.9 Å². The van der Waals surface area contributed by atoms with Crippen molar-refractivity contribution >= 4 is 5.97 Å². The summed E-state index contributed by atoms with van der Waals surface area (Å²) in [6.45, 7) is 9.58. The molecule has 0 aliphatic heterocycles. The summed E-state index contributed by atoms with van der Waals surface area (Å²) in [5.41, 5.74) is 0. The molecular weight excluding hydrogens is 254 g/mol. The molecule has 0 aromatic heterocycles. The number of aliphatic carboxylic acids is 1. The molecule has 1 atom stereocenters. The second kappa shape index (κ2) is 10.9. The van der Waals surface area contributed by atoms with Gasteiger partial charge in [-0.3, -0.25) is 0 Å². The normalized spacial score (nSPS) is 13.8. The highest BCUT2D eigenvalue weighted by Gasteiger charge is 2.26. The number of hydrogen-bond donors (Lipinski definition) is 1. The van der Waals surface area contributed by atoms with Crippen LogP contribution < -0.4 is 5.11 Å². The third kappa shape index (κ3) is 8.33. The van der Waals surface area contributed by atoms with Gasteiger partial charge in [0.25, 0.3) is 0 Å². The Balaban J connectivity index is 4.24. The molecule has 0 aliphatic carbocycles. The molecule has 4 heteroatoms. The number of hydrogen-bond acceptors (Lipinski definition) is 3. The zero-order valence-corrected chi connectivity index (χ0v) is 13.3. The topological polar surface area (TPSA) is 60.4 Å². The Hall–Kier alpha value is -0.870. The highest BCUT2D eigenvalue weighted by molar-refractivity contribution is 5.64. The first-order chi connectivity index (χ1) is 9.49. The third-order valence-corrected chi connectivity index (χ3v) is 4.10. The Kier molecular flexibility index (Phi) is 10.4. The number of carbonyl (C=O) groups is 1. The number of allylic oxidation sites excluding steroid dienone is 2. The maximum Gasteiger partial charge on any atom is 0.105 e. The van der Waals surface area contributed by atoms with Gasteiger partial charge in [-0.15, -0.1) is 0 Å². The highest BCUT2D eigenvalue weighted by atomic mass is 16.4. The molecule has 0 aliphatic rings. The molecule has 20 heavy (non-hydrogen) atoms. The van der Waals surface area contributed by atoms with Crippen LogP contribution in [0.5, 0.6) is 0 Å². The number of aliphatic hydroxyl groups excluding tert-OH is 1. The smallest absolute Gasteiger partial charge is 0.105 e. The van der Waals surface area contributed by atoms with E-state index >= 15 is 0 Å². The van der Waals surface area contributed by atoms with E-state index in [1.165, 1.54) is 0 Å². The summed E-state index contributed by atoms with van der Waals surface area (Å²) in [5, 5.41) is 20.7. The number of likely N-dealkylation sites (N-methyl/N-ethyl adjacent to an activating group) is 1. The lowest BCUT2D eigenvalue weighted by Gasteiger charge is -2.38. The van der Waals surface area contributed by atoms with Crippen LogP contribution in [0.3, 0.4) is 0 Å². The van der Waals surface area contributed by atoms with Gasteiger partial charge >= 0.3 is 0 Å². The average Bonchev–Trinajstić information content (AvgIpc) is 2.42. The van der Waals surface area contributed by atoms with Gasteiger partial charge in [0.15, 0.2) is 0 Å². The van der Waals surface area contributed by atoms with Crippen molar-refractivity contribution in [2.24, 2.45) is 0 Å². The van der Waals surface area contributed by atoms with Crippen LogP contribution in [0.4, 0.5) is 0 Å². The second-order valence-electron chi connectivity index (χ2n) is 5.51. The van der Waals surface area contributed by atoms with Gasteiger partial charge < -0.3 is 19.5 Å². The first kappa shape index (κ1) is 19.1. The minimum absolute atomic E-state index is 0.109. The molecule has 0 heterocycles. The van der Waals surface area contributed by atoms with E-state index < -0.39 is 5.97 Å². The van der Waals surface area contributed by atoms with Crippen LogP contribution in [0, 0.1) is 0 Å². The van der Waals surface area contributed by atoms with Crippen molar-refractivity contribution in [2.75, 3.05) is 26.2 Å². The molecule has 4 nitrogen and oxygen atoms in total. The second-order valence-corrected chi connectivity index (χ2v) is 5.51. The molecule has 0 amide bonds. The Labute approximate surface area is 123 Å². The van der Waals surface area contributed by atoms with Gasteiger partial charge in [0.05, 0.1) is 19.6 Å². The van der Waals surface area contributed by atoms with Crippen molar-refractivity contribution in [1.82, 2.24) is 0 Å². The maximum atomic E-state index is 10.5. The first-order valence-corrected chi connectivity index (χ1v) is 7.83. The fourth-order valence-electron chi connectivity index (χ4n) is 2.62. The van der Waals surface area contributed by atoms with E-state index in [4.69, 9.17) is 0 Å². The van der Waals surface area contributed by atoms with Gasteiger partial charge in [-0.1, -0.05) is 12.2 Å². The van der Waals surface area contributed by atoms with Gasteiger partial charge in [-0.25, -0.2) is 0 Å². The molecule has 0 aromatic carbocycles. The molecule has 0 saturated heterocycles. The Morgan fingerprint density at radius 3 is 2.45 bits per heavy atom. The zero-order chi connectivity index (χ0) is 15.4. The van der Waals surface area contributed by atoms with Crippen LogP contribution in [-0.4, -0.2) is 47.8 Å². The van der Waals surface area contributed by atoms with Crippen LogP contribution in [-0.2, 0) is 4.79 Å². The Morgan fingerprint density at radius 2 is 1.95 bits per heavy atom. The summed E-state index contributed by atoms with van der Waals surface area (Å²) in [6, 6.07) is 0. The first-order valence-electron chi connectivity index (χ1n) is 7.83. The SMILES string of the molecule is C/C=C/CCCC(O)C[N+](CC)(CC)CCCC(=O)[O-]. The zero-order valence-electron chi connectivity index (χ0n) is 13.3. The van der Waals surface area contributed by atoms with Crippen LogP contribution in [0.1, 0.15) is 52.9 Å². The summed E-state index contributed by atoms with van der Waals surface area (Å²) in [5.74, 6) is -0.984. The van der Waals surface area contributed by atoms with Gasteiger partial charge in [-0.2, -0.15) is 0 Å². The Morgan fingerprint density at radius 1 is 1.30 bits per heavy atom. The lowest BCUT2D eigenvalue weighted by molar-refractivity contribution is -0.927. The molecular formula is C16H31NO3. The fraction of sp³-hybridized carbons (Fsp3) is 0.812. The lowest BCUT2D eigenvalue weighted by atomic mass is 10.1.